The molecular formula is C23H16ClF9N2O2. The van der Waals surface area contributed by atoms with Gasteiger partial charge in [-0.25, -0.2) is 0 Å². The predicted octanol–water partition coefficient (Wildman–Crippen LogP) is 6.70. The van der Waals surface area contributed by atoms with Gasteiger partial charge in [-0.1, -0.05) is 17.7 Å². The maximum absolute atomic E-state index is 13.6. The molecular weight excluding hydrogens is 543 g/mol. The first kappa shape index (κ1) is 28.4. The maximum Gasteiger partial charge on any atom is 0.417 e. The van der Waals surface area contributed by atoms with Gasteiger partial charge in [-0.2, -0.15) is 39.5 Å². The lowest BCUT2D eigenvalue weighted by molar-refractivity contribution is -0.162. The highest BCUT2D eigenvalue weighted by molar-refractivity contribution is 6.30. The van der Waals surface area contributed by atoms with Crippen molar-refractivity contribution in [2.45, 2.75) is 43.5 Å². The van der Waals surface area contributed by atoms with Crippen molar-refractivity contribution < 1.29 is 49.1 Å². The Morgan fingerprint density at radius 2 is 1.57 bits per heavy atom. The van der Waals surface area contributed by atoms with E-state index in [1.165, 1.54) is 5.32 Å². The summed E-state index contributed by atoms with van der Waals surface area (Å²) in [5.41, 5.74) is -4.73. The van der Waals surface area contributed by atoms with E-state index in [0.717, 1.165) is 18.2 Å². The molecule has 2 N–H and O–H groups in total. The number of alkyl halides is 9. The molecule has 0 aliphatic heterocycles. The van der Waals surface area contributed by atoms with Crippen molar-refractivity contribution >= 4 is 29.5 Å². The summed E-state index contributed by atoms with van der Waals surface area (Å²) in [6, 6.07) is 0.519. The Kier molecular flexibility index (Phi) is 7.87. The number of amides is 2. The first-order valence-electron chi connectivity index (χ1n) is 10.4. The smallest absolute Gasteiger partial charge is 0.349 e. The fraction of sp³-hybridized carbons (Fsp3) is 0.304. The molecule has 14 heteroatoms. The number of nitrogens with one attached hydrogen (secondary N) is 2. The summed E-state index contributed by atoms with van der Waals surface area (Å²) in [6.45, 7) is 0. The minimum absolute atomic E-state index is 0.176. The summed E-state index contributed by atoms with van der Waals surface area (Å²) in [4.78, 5) is 24.3. The van der Waals surface area contributed by atoms with Gasteiger partial charge in [0.15, 0.2) is 6.04 Å². The van der Waals surface area contributed by atoms with E-state index in [9.17, 15) is 49.1 Å². The van der Waals surface area contributed by atoms with E-state index in [-0.39, 0.29) is 17.7 Å². The second-order valence-corrected chi connectivity index (χ2v) is 8.57. The molecule has 1 fully saturated rings. The average Bonchev–Trinajstić information content (AvgIpc) is 3.57. The lowest BCUT2D eigenvalue weighted by Gasteiger charge is -2.22. The first-order valence-corrected chi connectivity index (χ1v) is 10.8. The normalized spacial score (nSPS) is 15.5. The Bertz CT molecular complexity index is 1220. The van der Waals surface area contributed by atoms with Crippen molar-refractivity contribution in [1.29, 1.82) is 0 Å². The first-order chi connectivity index (χ1) is 16.9. The molecule has 37 heavy (non-hydrogen) atoms. The van der Waals surface area contributed by atoms with Crippen LogP contribution >= 0.6 is 11.6 Å². The van der Waals surface area contributed by atoms with Crippen LogP contribution in [0.1, 0.15) is 51.5 Å². The van der Waals surface area contributed by atoms with Gasteiger partial charge in [-0.05, 0) is 60.4 Å². The third-order valence-electron chi connectivity index (χ3n) is 5.13. The molecule has 1 aliphatic rings. The van der Waals surface area contributed by atoms with Crippen molar-refractivity contribution in [3.63, 3.8) is 0 Å². The second-order valence-electron chi connectivity index (χ2n) is 8.14. The zero-order valence-electron chi connectivity index (χ0n) is 18.3. The molecule has 2 amide bonds. The number of carbonyl (C=O) groups is 2. The molecule has 2 aromatic carbocycles. The van der Waals surface area contributed by atoms with Crippen LogP contribution in [0, 0.1) is 0 Å². The standard InChI is InChI=1S/C23H16ClF9N2O2/c24-14-9-12(8-13(10-14)21(25,26)27)19(23(31,32)33)35-18(36)6-2-11-1-5-16(17(7-11)22(28,29)30)20(37)34-15-3-4-15/h1-2,5-10,15,19H,3-4H2,(H,34,37)(H,35,36)/b6-2-. The number of carbonyl (C=O) groups excluding carboxylic acids is 2. The van der Waals surface area contributed by atoms with Gasteiger partial charge in [-0.3, -0.25) is 9.59 Å². The lowest BCUT2D eigenvalue weighted by Crippen LogP contribution is -2.37. The van der Waals surface area contributed by atoms with Gasteiger partial charge in [0.25, 0.3) is 5.91 Å². The highest BCUT2D eigenvalue weighted by Crippen LogP contribution is 2.38. The molecule has 1 aliphatic carbocycles. The Labute approximate surface area is 208 Å². The van der Waals surface area contributed by atoms with Crippen molar-refractivity contribution in [2.75, 3.05) is 0 Å². The SMILES string of the molecule is O=C(/C=C\c1ccc(C(=O)NC2CC2)c(C(F)(F)F)c1)NC(c1cc(Cl)cc(C(F)(F)F)c1)C(F)(F)F. The summed E-state index contributed by atoms with van der Waals surface area (Å²) in [5, 5.41) is 3.24. The Hall–Kier alpha value is -3.22. The monoisotopic (exact) mass is 558 g/mol. The van der Waals surface area contributed by atoms with Crippen LogP contribution in [0.25, 0.3) is 6.08 Å². The van der Waals surface area contributed by atoms with Crippen molar-refractivity contribution in [3.8, 4) is 0 Å². The third kappa shape index (κ3) is 7.63. The van der Waals surface area contributed by atoms with E-state index in [1.54, 1.807) is 0 Å². The van der Waals surface area contributed by atoms with Gasteiger partial charge in [0.2, 0.25) is 5.91 Å². The number of benzene rings is 2. The van der Waals surface area contributed by atoms with E-state index in [4.69, 9.17) is 11.6 Å². The fourth-order valence-corrected chi connectivity index (χ4v) is 3.49. The summed E-state index contributed by atoms with van der Waals surface area (Å²) in [7, 11) is 0. The minimum Gasteiger partial charge on any atom is -0.349 e. The van der Waals surface area contributed by atoms with Gasteiger partial charge in [-0.15, -0.1) is 0 Å². The molecule has 200 valence electrons. The summed E-state index contributed by atoms with van der Waals surface area (Å²) < 4.78 is 120. The minimum atomic E-state index is -5.24. The molecule has 0 spiro atoms. The van der Waals surface area contributed by atoms with E-state index in [0.29, 0.717) is 37.1 Å². The molecule has 0 heterocycles. The van der Waals surface area contributed by atoms with Crippen LogP contribution in [0.2, 0.25) is 5.02 Å². The van der Waals surface area contributed by atoms with Crippen LogP contribution < -0.4 is 10.6 Å². The lowest BCUT2D eigenvalue weighted by atomic mass is 10.0. The van der Waals surface area contributed by atoms with Crippen LogP contribution in [-0.4, -0.2) is 24.0 Å². The quantitative estimate of drug-likeness (QED) is 0.306. The van der Waals surface area contributed by atoms with Crippen LogP contribution in [0.4, 0.5) is 39.5 Å². The van der Waals surface area contributed by atoms with Gasteiger partial charge < -0.3 is 10.6 Å². The Morgan fingerprint density at radius 1 is 0.919 bits per heavy atom. The van der Waals surface area contributed by atoms with E-state index >= 15 is 0 Å². The largest absolute Gasteiger partial charge is 0.417 e. The zero-order chi connectivity index (χ0) is 27.8. The second kappa shape index (κ2) is 10.3. The molecule has 3 rings (SSSR count). The molecule has 0 bridgehead atoms. The number of halogens is 10. The van der Waals surface area contributed by atoms with Gasteiger partial charge in [0.05, 0.1) is 16.7 Å². The van der Waals surface area contributed by atoms with E-state index in [2.05, 4.69) is 5.32 Å². The van der Waals surface area contributed by atoms with Gasteiger partial charge >= 0.3 is 18.5 Å². The van der Waals surface area contributed by atoms with Crippen LogP contribution in [-0.2, 0) is 17.1 Å². The van der Waals surface area contributed by atoms with Crippen LogP contribution in [0.5, 0.6) is 0 Å². The summed E-state index contributed by atoms with van der Waals surface area (Å²) >= 11 is 5.53. The molecule has 0 radical (unpaired) electrons. The topological polar surface area (TPSA) is 58.2 Å². The Morgan fingerprint density at radius 3 is 2.11 bits per heavy atom. The fourth-order valence-electron chi connectivity index (χ4n) is 3.25. The zero-order valence-corrected chi connectivity index (χ0v) is 19.0. The number of hydrogen-bond donors (Lipinski definition) is 2. The molecule has 1 unspecified atom stereocenters. The number of rotatable bonds is 6. The maximum atomic E-state index is 13.6. The van der Waals surface area contributed by atoms with Crippen LogP contribution in [0.3, 0.4) is 0 Å². The molecule has 1 saturated carbocycles. The van der Waals surface area contributed by atoms with E-state index < -0.39 is 63.7 Å². The molecule has 4 nitrogen and oxygen atoms in total. The molecule has 0 saturated heterocycles. The van der Waals surface area contributed by atoms with Crippen molar-refractivity contribution in [2.24, 2.45) is 0 Å². The summed E-state index contributed by atoms with van der Waals surface area (Å²) in [6.07, 6.45) is -12.7. The molecule has 2 aromatic rings. The Balaban J connectivity index is 1.85. The predicted molar refractivity (Wildman–Crippen MR) is 114 cm³/mol. The third-order valence-corrected chi connectivity index (χ3v) is 5.35. The molecule has 1 atom stereocenters. The highest BCUT2D eigenvalue weighted by atomic mass is 35.5. The van der Waals surface area contributed by atoms with Crippen LogP contribution in [0.15, 0.2) is 42.5 Å². The molecule has 0 aromatic heterocycles. The van der Waals surface area contributed by atoms with Crippen molar-refractivity contribution in [3.05, 3.63) is 75.3 Å². The average molecular weight is 559 g/mol. The highest BCUT2D eigenvalue weighted by Gasteiger charge is 2.43. The number of hydrogen-bond acceptors (Lipinski definition) is 2. The van der Waals surface area contributed by atoms with Crippen molar-refractivity contribution in [1.82, 2.24) is 10.6 Å². The summed E-state index contributed by atoms with van der Waals surface area (Å²) in [5.74, 6) is -2.41. The van der Waals surface area contributed by atoms with Gasteiger partial charge in [0.1, 0.15) is 0 Å². The van der Waals surface area contributed by atoms with Gasteiger partial charge in [0, 0.05) is 17.1 Å². The van der Waals surface area contributed by atoms with E-state index in [1.807, 2.05) is 0 Å².